The quantitative estimate of drug-likeness (QED) is 0.761. The van der Waals surface area contributed by atoms with Crippen LogP contribution >= 0.6 is 0 Å². The molecule has 1 aliphatic rings. The van der Waals surface area contributed by atoms with Crippen molar-refractivity contribution in [1.29, 1.82) is 0 Å². The molecule has 132 valence electrons. The minimum Gasteiger partial charge on any atom is -0.376 e. The van der Waals surface area contributed by atoms with Gasteiger partial charge in [-0.3, -0.25) is 4.79 Å². The molecular weight excluding hydrogens is 324 g/mol. The fraction of sp³-hybridized carbons (Fsp3) is 0.227. The molecule has 0 fully saturated rings. The van der Waals surface area contributed by atoms with E-state index in [1.54, 1.807) is 0 Å². The van der Waals surface area contributed by atoms with Crippen LogP contribution in [-0.4, -0.2) is 19.1 Å². The second kappa shape index (κ2) is 7.28. The number of ether oxygens (including phenoxy) is 1. The second-order valence-corrected chi connectivity index (χ2v) is 6.65. The van der Waals surface area contributed by atoms with Gasteiger partial charge in [0.2, 0.25) is 0 Å². The van der Waals surface area contributed by atoms with Crippen molar-refractivity contribution in [3.05, 3.63) is 82.9 Å². The van der Waals surface area contributed by atoms with E-state index in [9.17, 15) is 4.79 Å². The van der Waals surface area contributed by atoms with Gasteiger partial charge < -0.3 is 15.8 Å². The van der Waals surface area contributed by atoms with Crippen LogP contribution in [0, 0.1) is 0 Å². The first-order chi connectivity index (χ1) is 12.7. The summed E-state index contributed by atoms with van der Waals surface area (Å²) in [6, 6.07) is 20.0. The molecule has 1 heterocycles. The molecule has 0 bridgehead atoms. The zero-order valence-electron chi connectivity index (χ0n) is 14.6. The number of fused-ring (bicyclic) bond motifs is 2. The molecule has 0 saturated carbocycles. The maximum atomic E-state index is 12.7. The summed E-state index contributed by atoms with van der Waals surface area (Å²) in [5, 5.41) is 5.38. The molecule has 4 nitrogen and oxygen atoms in total. The van der Waals surface area contributed by atoms with Gasteiger partial charge in [0.15, 0.2) is 0 Å². The molecule has 1 aliphatic heterocycles. The Bertz CT molecular complexity index is 952. The summed E-state index contributed by atoms with van der Waals surface area (Å²) in [6.07, 6.45) is 0.903. The van der Waals surface area contributed by atoms with Crippen molar-refractivity contribution in [3.8, 4) is 0 Å². The van der Waals surface area contributed by atoms with Crippen LogP contribution in [0.1, 0.15) is 33.1 Å². The molecule has 0 aliphatic carbocycles. The molecular formula is C22H22N2O2. The number of nitrogens with one attached hydrogen (secondary N) is 1. The molecule has 3 N–H and O–H groups in total. The Morgan fingerprint density at radius 1 is 1.04 bits per heavy atom. The van der Waals surface area contributed by atoms with E-state index in [-0.39, 0.29) is 11.9 Å². The molecule has 4 rings (SSSR count). The van der Waals surface area contributed by atoms with Gasteiger partial charge in [0.1, 0.15) is 0 Å². The summed E-state index contributed by atoms with van der Waals surface area (Å²) in [6.45, 7) is 1.66. The molecule has 1 atom stereocenters. The van der Waals surface area contributed by atoms with Gasteiger partial charge in [-0.15, -0.1) is 0 Å². The van der Waals surface area contributed by atoms with E-state index in [0.29, 0.717) is 18.7 Å². The first-order valence-electron chi connectivity index (χ1n) is 8.94. The highest BCUT2D eigenvalue weighted by molar-refractivity contribution is 5.95. The summed E-state index contributed by atoms with van der Waals surface area (Å²) in [4.78, 5) is 12.7. The van der Waals surface area contributed by atoms with E-state index < -0.39 is 0 Å². The summed E-state index contributed by atoms with van der Waals surface area (Å²) >= 11 is 0. The largest absolute Gasteiger partial charge is 0.376 e. The molecule has 1 unspecified atom stereocenters. The van der Waals surface area contributed by atoms with E-state index in [1.807, 2.05) is 36.4 Å². The van der Waals surface area contributed by atoms with Crippen LogP contribution in [0.3, 0.4) is 0 Å². The van der Waals surface area contributed by atoms with Crippen LogP contribution in [-0.2, 0) is 17.8 Å². The van der Waals surface area contributed by atoms with E-state index in [2.05, 4.69) is 29.6 Å². The number of hydrogen-bond acceptors (Lipinski definition) is 3. The van der Waals surface area contributed by atoms with Crippen molar-refractivity contribution in [2.24, 2.45) is 5.73 Å². The molecule has 0 radical (unpaired) electrons. The number of benzene rings is 3. The summed E-state index contributed by atoms with van der Waals surface area (Å²) < 4.78 is 5.49. The number of amides is 1. The van der Waals surface area contributed by atoms with Gasteiger partial charge >= 0.3 is 0 Å². The molecule has 4 heteroatoms. The van der Waals surface area contributed by atoms with Crippen LogP contribution in [0.15, 0.2) is 60.7 Å². The highest BCUT2D eigenvalue weighted by Crippen LogP contribution is 2.22. The van der Waals surface area contributed by atoms with Crippen LogP contribution in [0.4, 0.5) is 0 Å². The van der Waals surface area contributed by atoms with Gasteiger partial charge in [0.25, 0.3) is 5.91 Å². The molecule has 0 spiro atoms. The van der Waals surface area contributed by atoms with Gasteiger partial charge in [-0.2, -0.15) is 0 Å². The Labute approximate surface area is 153 Å². The van der Waals surface area contributed by atoms with Crippen molar-refractivity contribution < 1.29 is 9.53 Å². The third kappa shape index (κ3) is 3.34. The van der Waals surface area contributed by atoms with Crippen molar-refractivity contribution in [2.75, 3.05) is 13.2 Å². The average molecular weight is 346 g/mol. The second-order valence-electron chi connectivity index (χ2n) is 6.65. The van der Waals surface area contributed by atoms with E-state index >= 15 is 0 Å². The van der Waals surface area contributed by atoms with Crippen LogP contribution in [0.25, 0.3) is 10.8 Å². The smallest absolute Gasteiger partial charge is 0.251 e. The molecule has 26 heavy (non-hydrogen) atoms. The van der Waals surface area contributed by atoms with Crippen molar-refractivity contribution in [2.45, 2.75) is 19.1 Å². The molecule has 0 saturated heterocycles. The number of hydrogen-bond donors (Lipinski definition) is 2. The predicted molar refractivity (Wildman–Crippen MR) is 103 cm³/mol. The molecule has 3 aromatic carbocycles. The number of rotatable bonds is 4. The van der Waals surface area contributed by atoms with Crippen LogP contribution < -0.4 is 11.1 Å². The van der Waals surface area contributed by atoms with Crippen molar-refractivity contribution in [3.63, 3.8) is 0 Å². The Morgan fingerprint density at radius 2 is 1.88 bits per heavy atom. The lowest BCUT2D eigenvalue weighted by Gasteiger charge is -2.20. The van der Waals surface area contributed by atoms with Gasteiger partial charge in [0.05, 0.1) is 19.3 Å². The fourth-order valence-corrected chi connectivity index (χ4v) is 3.45. The highest BCUT2D eigenvalue weighted by Gasteiger charge is 2.17. The summed E-state index contributed by atoms with van der Waals surface area (Å²) in [5.41, 5.74) is 9.97. The zero-order chi connectivity index (χ0) is 17.9. The average Bonchev–Trinajstić information content (AvgIpc) is 2.71. The minimum atomic E-state index is -0.223. The monoisotopic (exact) mass is 346 g/mol. The molecule has 1 amide bonds. The maximum Gasteiger partial charge on any atom is 0.251 e. The van der Waals surface area contributed by atoms with Gasteiger partial charge in [-0.25, -0.2) is 0 Å². The number of nitrogens with two attached hydrogens (primary N) is 1. The summed E-state index contributed by atoms with van der Waals surface area (Å²) in [7, 11) is 0. The van der Waals surface area contributed by atoms with Crippen LogP contribution in [0.5, 0.6) is 0 Å². The minimum absolute atomic E-state index is 0.109. The normalized spacial score (nSPS) is 14.7. The fourth-order valence-electron chi connectivity index (χ4n) is 3.45. The van der Waals surface area contributed by atoms with Crippen LogP contribution in [0.2, 0.25) is 0 Å². The zero-order valence-corrected chi connectivity index (χ0v) is 14.6. The van der Waals surface area contributed by atoms with Crippen molar-refractivity contribution >= 4 is 16.7 Å². The third-order valence-corrected chi connectivity index (χ3v) is 4.96. The lowest BCUT2D eigenvalue weighted by molar-refractivity contribution is 0.0935. The Kier molecular flexibility index (Phi) is 4.69. The number of carbonyl (C=O) groups excluding carboxylic acids is 1. The molecule has 0 aromatic heterocycles. The Morgan fingerprint density at radius 3 is 2.73 bits per heavy atom. The predicted octanol–water partition coefficient (Wildman–Crippen LogP) is 3.34. The summed E-state index contributed by atoms with van der Waals surface area (Å²) in [5.74, 6) is -0.109. The van der Waals surface area contributed by atoms with E-state index in [1.165, 1.54) is 10.9 Å². The van der Waals surface area contributed by atoms with Crippen molar-refractivity contribution in [1.82, 2.24) is 5.32 Å². The molecule has 3 aromatic rings. The standard InChI is InChI=1S/C22H22N2O2/c23-13-21(18-7-5-15-3-1-2-4-17(15)11-18)24-22(25)19-8-6-16-9-10-26-14-20(16)12-19/h1-8,11-12,21H,9-10,13-14,23H2,(H,24,25). The van der Waals surface area contributed by atoms with Gasteiger partial charge in [-0.05, 0) is 52.1 Å². The third-order valence-electron chi connectivity index (χ3n) is 4.96. The van der Waals surface area contributed by atoms with Gasteiger partial charge in [-0.1, -0.05) is 42.5 Å². The van der Waals surface area contributed by atoms with E-state index in [0.717, 1.165) is 29.5 Å². The Hall–Kier alpha value is -2.69. The number of carbonyl (C=O) groups is 1. The Balaban J connectivity index is 1.56. The SMILES string of the molecule is NCC(NC(=O)c1ccc2c(c1)COCC2)c1ccc2ccccc2c1. The topological polar surface area (TPSA) is 64.3 Å². The maximum absolute atomic E-state index is 12.7. The first kappa shape index (κ1) is 16.8. The lowest BCUT2D eigenvalue weighted by Crippen LogP contribution is -2.33. The van der Waals surface area contributed by atoms with Gasteiger partial charge in [0, 0.05) is 12.1 Å². The first-order valence-corrected chi connectivity index (χ1v) is 8.94. The lowest BCUT2D eigenvalue weighted by atomic mass is 9.99. The highest BCUT2D eigenvalue weighted by atomic mass is 16.5. The van der Waals surface area contributed by atoms with E-state index in [4.69, 9.17) is 10.5 Å².